The van der Waals surface area contributed by atoms with E-state index in [0.717, 1.165) is 4.90 Å². The number of aliphatic hydroxyl groups is 1. The van der Waals surface area contributed by atoms with Gasteiger partial charge in [0.25, 0.3) is 0 Å². The zero-order valence-corrected chi connectivity index (χ0v) is 15.5. The lowest BCUT2D eigenvalue weighted by molar-refractivity contribution is -0.142. The van der Waals surface area contributed by atoms with E-state index in [1.54, 1.807) is 26.8 Å². The lowest BCUT2D eigenvalue weighted by Gasteiger charge is -2.31. The Balaban J connectivity index is 1.97. The number of rotatable bonds is 2. The number of carboxylic acid groups (broad SMARTS) is 1. The Bertz CT molecular complexity index is 816. The van der Waals surface area contributed by atoms with Crippen LogP contribution in [0.15, 0.2) is 18.2 Å². The third-order valence-corrected chi connectivity index (χ3v) is 4.47. The molecular weight excluding hydrogens is 356 g/mol. The molecule has 0 aliphatic carbocycles. The second kappa shape index (κ2) is 6.12. The molecule has 0 bridgehead atoms. The first-order valence-corrected chi connectivity index (χ1v) is 8.48. The van der Waals surface area contributed by atoms with Crippen molar-refractivity contribution in [2.75, 3.05) is 5.32 Å². The average Bonchev–Trinajstić information content (AvgIpc) is 2.93. The number of ether oxygens (including phenoxy) is 2. The molecule has 1 unspecified atom stereocenters. The fourth-order valence-electron chi connectivity index (χ4n) is 3.51. The zero-order valence-electron chi connectivity index (χ0n) is 15.5. The van der Waals surface area contributed by atoms with E-state index in [0.29, 0.717) is 11.3 Å². The fourth-order valence-corrected chi connectivity index (χ4v) is 3.51. The molecule has 1 aromatic rings. The Hall–Kier alpha value is -2.81. The lowest BCUT2D eigenvalue weighted by Crippen LogP contribution is -2.51. The fraction of sp³-hybridized carbons (Fsp3) is 0.500. The van der Waals surface area contributed by atoms with Crippen LogP contribution in [-0.4, -0.2) is 51.0 Å². The molecule has 0 radical (unpaired) electrons. The van der Waals surface area contributed by atoms with Gasteiger partial charge in [0.2, 0.25) is 0 Å². The van der Waals surface area contributed by atoms with Crippen molar-refractivity contribution in [2.45, 2.75) is 57.5 Å². The number of carbonyl (C=O) groups excluding carboxylic acids is 2. The predicted molar refractivity (Wildman–Crippen MR) is 93.2 cm³/mol. The summed E-state index contributed by atoms with van der Waals surface area (Å²) < 4.78 is 10.4. The number of hydrogen-bond acceptors (Lipinski definition) is 7. The minimum atomic E-state index is -1.61. The molecule has 3 N–H and O–H groups in total. The number of amides is 1. The Morgan fingerprint density at radius 3 is 2.52 bits per heavy atom. The molecule has 2 aliphatic rings. The van der Waals surface area contributed by atoms with Crippen molar-refractivity contribution in [1.29, 1.82) is 0 Å². The van der Waals surface area contributed by atoms with Gasteiger partial charge in [0.1, 0.15) is 29.2 Å². The van der Waals surface area contributed by atoms with Crippen LogP contribution in [-0.2, 0) is 19.9 Å². The molecule has 9 heteroatoms. The van der Waals surface area contributed by atoms with E-state index in [9.17, 15) is 24.6 Å². The van der Waals surface area contributed by atoms with Crippen LogP contribution in [0.2, 0.25) is 0 Å². The molecule has 3 atom stereocenters. The maximum absolute atomic E-state index is 12.6. The van der Waals surface area contributed by atoms with Crippen LogP contribution in [0.5, 0.6) is 5.75 Å². The van der Waals surface area contributed by atoms with Crippen LogP contribution in [0.4, 0.5) is 10.5 Å². The molecule has 0 saturated carbocycles. The SMILES string of the molecule is CC(=O)Oc1ccc2c(c1)N[C@H]1N(C(=O)OC(C)(C)C)C(C(=O)O)C[C@]21O. The van der Waals surface area contributed by atoms with E-state index in [-0.39, 0.29) is 12.2 Å². The summed E-state index contributed by atoms with van der Waals surface area (Å²) in [6.45, 7) is 6.28. The highest BCUT2D eigenvalue weighted by Gasteiger charge is 2.61. The summed E-state index contributed by atoms with van der Waals surface area (Å²) in [6.07, 6.45) is -2.05. The standard InChI is InChI=1S/C18H22N2O7/c1-9(21)26-10-5-6-11-12(7-10)19-15-18(11,25)8-13(14(22)23)20(15)16(24)27-17(2,3)4/h5-7,13,15,19,25H,8H2,1-4H3,(H,22,23)/t13?,15-,18-/m0/s1. The molecule has 3 rings (SSSR count). The number of carbonyl (C=O) groups is 3. The summed E-state index contributed by atoms with van der Waals surface area (Å²) in [5.74, 6) is -1.45. The van der Waals surface area contributed by atoms with Crippen LogP contribution in [0, 0.1) is 0 Å². The minimum absolute atomic E-state index is 0.195. The molecule has 1 amide bonds. The topological polar surface area (TPSA) is 125 Å². The van der Waals surface area contributed by atoms with Gasteiger partial charge in [0.05, 0.1) is 0 Å². The third-order valence-electron chi connectivity index (χ3n) is 4.47. The first-order chi connectivity index (χ1) is 12.4. The summed E-state index contributed by atoms with van der Waals surface area (Å²) in [4.78, 5) is 36.5. The Morgan fingerprint density at radius 2 is 1.96 bits per heavy atom. The summed E-state index contributed by atoms with van der Waals surface area (Å²) in [5, 5.41) is 23.7. The second-order valence-corrected chi connectivity index (χ2v) is 7.72. The van der Waals surface area contributed by atoms with Crippen LogP contribution in [0.3, 0.4) is 0 Å². The van der Waals surface area contributed by atoms with Gasteiger partial charge in [-0.15, -0.1) is 0 Å². The number of fused-ring (bicyclic) bond motifs is 3. The molecule has 9 nitrogen and oxygen atoms in total. The highest BCUT2D eigenvalue weighted by atomic mass is 16.6. The summed E-state index contributed by atoms with van der Waals surface area (Å²) in [6, 6.07) is 3.34. The molecule has 27 heavy (non-hydrogen) atoms. The Labute approximate surface area is 155 Å². The lowest BCUT2D eigenvalue weighted by atomic mass is 9.91. The van der Waals surface area contributed by atoms with Crippen molar-refractivity contribution < 1.29 is 34.1 Å². The van der Waals surface area contributed by atoms with Crippen molar-refractivity contribution in [1.82, 2.24) is 4.90 Å². The zero-order chi connectivity index (χ0) is 20.1. The van der Waals surface area contributed by atoms with Crippen molar-refractivity contribution in [3.8, 4) is 5.75 Å². The number of nitrogens with one attached hydrogen (secondary N) is 1. The average molecular weight is 378 g/mol. The molecular formula is C18H22N2O7. The van der Waals surface area contributed by atoms with Crippen molar-refractivity contribution in [3.63, 3.8) is 0 Å². The largest absolute Gasteiger partial charge is 0.480 e. The predicted octanol–water partition coefficient (Wildman–Crippen LogP) is 1.65. The number of benzene rings is 1. The quantitative estimate of drug-likeness (QED) is 0.524. The van der Waals surface area contributed by atoms with E-state index < -0.39 is 41.4 Å². The maximum atomic E-state index is 12.6. The molecule has 2 aliphatic heterocycles. The monoisotopic (exact) mass is 378 g/mol. The van der Waals surface area contributed by atoms with Gasteiger partial charge < -0.3 is 25.0 Å². The molecule has 146 valence electrons. The van der Waals surface area contributed by atoms with Crippen LogP contribution in [0.25, 0.3) is 0 Å². The summed E-state index contributed by atoms with van der Waals surface area (Å²) in [7, 11) is 0. The Morgan fingerprint density at radius 1 is 1.30 bits per heavy atom. The van der Waals surface area contributed by atoms with E-state index in [4.69, 9.17) is 9.47 Å². The molecule has 1 fully saturated rings. The molecule has 1 saturated heterocycles. The van der Waals surface area contributed by atoms with Gasteiger partial charge in [-0.25, -0.2) is 9.59 Å². The molecule has 1 aromatic carbocycles. The third kappa shape index (κ3) is 3.30. The smallest absolute Gasteiger partial charge is 0.412 e. The van der Waals surface area contributed by atoms with Gasteiger partial charge in [-0.1, -0.05) is 6.07 Å². The van der Waals surface area contributed by atoms with E-state index >= 15 is 0 Å². The number of esters is 1. The van der Waals surface area contributed by atoms with E-state index in [2.05, 4.69) is 5.32 Å². The van der Waals surface area contributed by atoms with Gasteiger partial charge in [-0.2, -0.15) is 0 Å². The van der Waals surface area contributed by atoms with Crippen LogP contribution in [0.1, 0.15) is 39.7 Å². The second-order valence-electron chi connectivity index (χ2n) is 7.72. The van der Waals surface area contributed by atoms with E-state index in [1.165, 1.54) is 19.1 Å². The van der Waals surface area contributed by atoms with Gasteiger partial charge in [-0.3, -0.25) is 9.69 Å². The van der Waals surface area contributed by atoms with Crippen molar-refractivity contribution in [3.05, 3.63) is 23.8 Å². The van der Waals surface area contributed by atoms with Crippen molar-refractivity contribution >= 4 is 23.7 Å². The number of aliphatic carboxylic acids is 1. The van der Waals surface area contributed by atoms with Gasteiger partial charge in [0, 0.05) is 30.7 Å². The summed E-state index contributed by atoms with van der Waals surface area (Å²) in [5.41, 5.74) is -1.54. The van der Waals surface area contributed by atoms with Gasteiger partial charge >= 0.3 is 18.0 Å². The summed E-state index contributed by atoms with van der Waals surface area (Å²) >= 11 is 0. The normalized spacial score (nSPS) is 26.0. The van der Waals surface area contributed by atoms with Crippen molar-refractivity contribution in [2.24, 2.45) is 0 Å². The molecule has 2 heterocycles. The number of hydrogen-bond donors (Lipinski definition) is 3. The van der Waals surface area contributed by atoms with Gasteiger partial charge in [-0.05, 0) is 26.8 Å². The number of anilines is 1. The first-order valence-electron chi connectivity index (χ1n) is 8.48. The highest BCUT2D eigenvalue weighted by Crippen LogP contribution is 2.50. The number of nitrogens with zero attached hydrogens (tertiary/aromatic N) is 1. The first kappa shape index (κ1) is 19.0. The van der Waals surface area contributed by atoms with Gasteiger partial charge in [0.15, 0.2) is 0 Å². The van der Waals surface area contributed by atoms with E-state index in [1.807, 2.05) is 0 Å². The van der Waals surface area contributed by atoms with Crippen LogP contribution < -0.4 is 10.1 Å². The minimum Gasteiger partial charge on any atom is -0.480 e. The Kier molecular flexibility index (Phi) is 4.30. The molecule has 0 spiro atoms. The number of likely N-dealkylation sites (tertiary alicyclic amines) is 1. The highest BCUT2D eigenvalue weighted by molar-refractivity contribution is 5.84. The molecule has 0 aromatic heterocycles. The number of carboxylic acids is 1. The maximum Gasteiger partial charge on any atom is 0.412 e. The van der Waals surface area contributed by atoms with Crippen LogP contribution >= 0.6 is 0 Å².